The Morgan fingerprint density at radius 2 is 1.68 bits per heavy atom. The smallest absolute Gasteiger partial charge is 0.315 e. The number of piperazine rings is 1. The van der Waals surface area contributed by atoms with Crippen LogP contribution in [-0.4, -0.2) is 57.3 Å². The van der Waals surface area contributed by atoms with Crippen LogP contribution in [0.5, 0.6) is 5.75 Å². The van der Waals surface area contributed by atoms with Gasteiger partial charge in [0.25, 0.3) is 0 Å². The van der Waals surface area contributed by atoms with Gasteiger partial charge in [0.15, 0.2) is 0 Å². The van der Waals surface area contributed by atoms with Gasteiger partial charge in [0.1, 0.15) is 5.75 Å². The normalized spacial score (nSPS) is 14.5. The van der Waals surface area contributed by atoms with E-state index in [0.717, 1.165) is 50.5 Å². The predicted molar refractivity (Wildman–Crippen MR) is 113 cm³/mol. The zero-order valence-electron chi connectivity index (χ0n) is 16.6. The summed E-state index contributed by atoms with van der Waals surface area (Å²) in [5.74, 6) is 0.932. The van der Waals surface area contributed by atoms with E-state index >= 15 is 0 Å². The highest BCUT2D eigenvalue weighted by molar-refractivity contribution is 5.73. The van der Waals surface area contributed by atoms with Crippen LogP contribution in [0, 0.1) is 0 Å². The standard InChI is InChI=1S/C22H30N4O2/c1-28-21-11-6-5-10-20(21)26-16-14-25(15-17-26)13-7-12-23-22(27)24-18-19-8-3-2-4-9-19/h2-6,8-11H,7,12-18H2,1H3,(H2,23,24,27). The summed E-state index contributed by atoms with van der Waals surface area (Å²) in [4.78, 5) is 16.7. The van der Waals surface area contributed by atoms with Crippen molar-refractivity contribution in [1.82, 2.24) is 15.5 Å². The van der Waals surface area contributed by atoms with Gasteiger partial charge in [-0.2, -0.15) is 0 Å². The number of carbonyl (C=O) groups is 1. The molecule has 0 unspecified atom stereocenters. The number of anilines is 1. The fourth-order valence-electron chi connectivity index (χ4n) is 3.45. The Morgan fingerprint density at radius 1 is 0.964 bits per heavy atom. The molecule has 3 rings (SSSR count). The van der Waals surface area contributed by atoms with Gasteiger partial charge >= 0.3 is 6.03 Å². The van der Waals surface area contributed by atoms with Crippen molar-refractivity contribution in [2.75, 3.05) is 51.3 Å². The molecule has 0 aromatic heterocycles. The quantitative estimate of drug-likeness (QED) is 0.690. The predicted octanol–water partition coefficient (Wildman–Crippen LogP) is 2.71. The zero-order valence-corrected chi connectivity index (χ0v) is 16.6. The summed E-state index contributed by atoms with van der Waals surface area (Å²) >= 11 is 0. The topological polar surface area (TPSA) is 56.8 Å². The number of benzene rings is 2. The maximum atomic E-state index is 11.9. The first-order valence-corrected chi connectivity index (χ1v) is 9.92. The third kappa shape index (κ3) is 5.89. The maximum absolute atomic E-state index is 11.9. The molecule has 1 aliphatic rings. The van der Waals surface area contributed by atoms with Crippen molar-refractivity contribution in [3.63, 3.8) is 0 Å². The molecule has 2 aromatic carbocycles. The highest BCUT2D eigenvalue weighted by atomic mass is 16.5. The Bertz CT molecular complexity index is 730. The Balaban J connectivity index is 1.30. The average molecular weight is 383 g/mol. The number of hydrogen-bond acceptors (Lipinski definition) is 4. The molecule has 0 saturated carbocycles. The number of ether oxygens (including phenoxy) is 1. The minimum atomic E-state index is -0.107. The van der Waals surface area contributed by atoms with Gasteiger partial charge in [-0.3, -0.25) is 4.90 Å². The first-order chi connectivity index (χ1) is 13.8. The largest absolute Gasteiger partial charge is 0.495 e. The highest BCUT2D eigenvalue weighted by Gasteiger charge is 2.19. The molecule has 6 heteroatoms. The van der Waals surface area contributed by atoms with Crippen LogP contribution in [0.15, 0.2) is 54.6 Å². The first kappa shape index (κ1) is 20.0. The summed E-state index contributed by atoms with van der Waals surface area (Å²) in [5.41, 5.74) is 2.27. The van der Waals surface area contributed by atoms with E-state index in [0.29, 0.717) is 13.1 Å². The molecule has 0 aliphatic carbocycles. The van der Waals surface area contributed by atoms with E-state index in [1.165, 1.54) is 5.69 Å². The lowest BCUT2D eigenvalue weighted by molar-refractivity contribution is 0.235. The van der Waals surface area contributed by atoms with E-state index in [1.54, 1.807) is 7.11 Å². The third-order valence-electron chi connectivity index (χ3n) is 5.03. The van der Waals surface area contributed by atoms with Gasteiger partial charge in [0.05, 0.1) is 12.8 Å². The number of methoxy groups -OCH3 is 1. The van der Waals surface area contributed by atoms with Crippen molar-refractivity contribution in [3.8, 4) is 5.75 Å². The van der Waals surface area contributed by atoms with Gasteiger partial charge in [0.2, 0.25) is 0 Å². The number of urea groups is 1. The van der Waals surface area contributed by atoms with Crippen LogP contribution in [0.3, 0.4) is 0 Å². The second kappa shape index (κ2) is 10.6. The fraction of sp³-hybridized carbons (Fsp3) is 0.409. The Kier molecular flexibility index (Phi) is 7.55. The molecule has 6 nitrogen and oxygen atoms in total. The van der Waals surface area contributed by atoms with Crippen molar-refractivity contribution in [2.24, 2.45) is 0 Å². The van der Waals surface area contributed by atoms with E-state index in [1.807, 2.05) is 42.5 Å². The maximum Gasteiger partial charge on any atom is 0.315 e. The summed E-state index contributed by atoms with van der Waals surface area (Å²) in [6, 6.07) is 18.0. The minimum absolute atomic E-state index is 0.107. The van der Waals surface area contributed by atoms with Crippen LogP contribution in [0.2, 0.25) is 0 Å². The monoisotopic (exact) mass is 382 g/mol. The summed E-state index contributed by atoms with van der Waals surface area (Å²) < 4.78 is 5.47. The van der Waals surface area contributed by atoms with E-state index in [4.69, 9.17) is 4.74 Å². The van der Waals surface area contributed by atoms with Crippen molar-refractivity contribution in [1.29, 1.82) is 0 Å². The summed E-state index contributed by atoms with van der Waals surface area (Å²) in [7, 11) is 1.72. The second-order valence-electron chi connectivity index (χ2n) is 6.95. The zero-order chi connectivity index (χ0) is 19.6. The molecule has 0 radical (unpaired) electrons. The van der Waals surface area contributed by atoms with Crippen LogP contribution in [0.25, 0.3) is 0 Å². The third-order valence-corrected chi connectivity index (χ3v) is 5.03. The molecule has 2 N–H and O–H groups in total. The lowest BCUT2D eigenvalue weighted by Crippen LogP contribution is -2.47. The van der Waals surface area contributed by atoms with Crippen molar-refractivity contribution in [2.45, 2.75) is 13.0 Å². The number of carbonyl (C=O) groups excluding carboxylic acids is 1. The number of rotatable bonds is 8. The Labute approximate surface area is 167 Å². The first-order valence-electron chi connectivity index (χ1n) is 9.92. The molecular formula is C22H30N4O2. The van der Waals surface area contributed by atoms with E-state index in [9.17, 15) is 4.79 Å². The molecule has 1 fully saturated rings. The van der Waals surface area contributed by atoms with Gasteiger partial charge in [0, 0.05) is 39.3 Å². The van der Waals surface area contributed by atoms with Crippen molar-refractivity contribution < 1.29 is 9.53 Å². The molecule has 1 saturated heterocycles. The molecule has 28 heavy (non-hydrogen) atoms. The SMILES string of the molecule is COc1ccccc1N1CCN(CCCNC(=O)NCc2ccccc2)CC1. The van der Waals surface area contributed by atoms with E-state index in [-0.39, 0.29) is 6.03 Å². The highest BCUT2D eigenvalue weighted by Crippen LogP contribution is 2.28. The molecule has 0 spiro atoms. The van der Waals surface area contributed by atoms with E-state index in [2.05, 4.69) is 32.6 Å². The van der Waals surface area contributed by atoms with Crippen LogP contribution in [0.4, 0.5) is 10.5 Å². The molecule has 0 bridgehead atoms. The van der Waals surface area contributed by atoms with Crippen LogP contribution < -0.4 is 20.3 Å². The van der Waals surface area contributed by atoms with Gasteiger partial charge in [-0.05, 0) is 30.7 Å². The van der Waals surface area contributed by atoms with Crippen LogP contribution in [-0.2, 0) is 6.54 Å². The molecule has 2 aromatic rings. The van der Waals surface area contributed by atoms with Gasteiger partial charge in [-0.25, -0.2) is 4.79 Å². The second-order valence-corrected chi connectivity index (χ2v) is 6.95. The minimum Gasteiger partial charge on any atom is -0.495 e. The molecule has 0 atom stereocenters. The number of hydrogen-bond donors (Lipinski definition) is 2. The number of amides is 2. The van der Waals surface area contributed by atoms with Crippen molar-refractivity contribution >= 4 is 11.7 Å². The van der Waals surface area contributed by atoms with Crippen LogP contribution in [0.1, 0.15) is 12.0 Å². The van der Waals surface area contributed by atoms with Crippen molar-refractivity contribution in [3.05, 3.63) is 60.2 Å². The summed E-state index contributed by atoms with van der Waals surface area (Å²) in [6.07, 6.45) is 0.952. The molecular weight excluding hydrogens is 352 g/mol. The number of nitrogens with one attached hydrogen (secondary N) is 2. The van der Waals surface area contributed by atoms with Gasteiger partial charge in [-0.1, -0.05) is 42.5 Å². The summed E-state index contributed by atoms with van der Waals surface area (Å²) in [6.45, 7) is 6.27. The van der Waals surface area contributed by atoms with Crippen LogP contribution >= 0.6 is 0 Å². The van der Waals surface area contributed by atoms with Gasteiger partial charge in [-0.15, -0.1) is 0 Å². The summed E-state index contributed by atoms with van der Waals surface area (Å²) in [5, 5.41) is 5.83. The molecule has 2 amide bonds. The molecule has 1 heterocycles. The molecule has 1 aliphatic heterocycles. The Hall–Kier alpha value is -2.73. The van der Waals surface area contributed by atoms with E-state index < -0.39 is 0 Å². The molecule has 150 valence electrons. The Morgan fingerprint density at radius 3 is 2.43 bits per heavy atom. The number of para-hydroxylation sites is 2. The average Bonchev–Trinajstić information content (AvgIpc) is 2.76. The number of nitrogens with zero attached hydrogens (tertiary/aromatic N) is 2. The fourth-order valence-corrected chi connectivity index (χ4v) is 3.45. The lowest BCUT2D eigenvalue weighted by atomic mass is 10.2. The lowest BCUT2D eigenvalue weighted by Gasteiger charge is -2.36. The van der Waals surface area contributed by atoms with Gasteiger partial charge < -0.3 is 20.3 Å².